The number of rotatable bonds is 9. The van der Waals surface area contributed by atoms with E-state index in [0.29, 0.717) is 42.4 Å². The molecule has 1 N–H and O–H groups in total. The summed E-state index contributed by atoms with van der Waals surface area (Å²) in [4.78, 5) is 24.2. The van der Waals surface area contributed by atoms with Gasteiger partial charge in [0.1, 0.15) is 5.75 Å². The summed E-state index contributed by atoms with van der Waals surface area (Å²) in [6.45, 7) is 5.13. The molecule has 0 saturated heterocycles. The number of ether oxygens (including phenoxy) is 3. The Morgan fingerprint density at radius 1 is 1.00 bits per heavy atom. The van der Waals surface area contributed by atoms with E-state index >= 15 is 0 Å². The van der Waals surface area contributed by atoms with Crippen LogP contribution in [-0.4, -0.2) is 32.2 Å². The maximum absolute atomic E-state index is 12.5. The molecular formula is C21H25NO5. The molecule has 0 aromatic heterocycles. The van der Waals surface area contributed by atoms with Crippen molar-refractivity contribution >= 4 is 17.6 Å². The molecule has 6 heteroatoms. The minimum atomic E-state index is -0.387. The molecule has 1 amide bonds. The lowest BCUT2D eigenvalue weighted by atomic mass is 10.1. The fourth-order valence-electron chi connectivity index (χ4n) is 2.47. The lowest BCUT2D eigenvalue weighted by molar-refractivity contribution is 0.0526. The molecule has 0 unspecified atom stereocenters. The summed E-state index contributed by atoms with van der Waals surface area (Å²) >= 11 is 0. The van der Waals surface area contributed by atoms with Crippen molar-refractivity contribution in [3.63, 3.8) is 0 Å². The second kappa shape index (κ2) is 10.3. The highest BCUT2D eigenvalue weighted by Crippen LogP contribution is 2.22. The van der Waals surface area contributed by atoms with Crippen LogP contribution in [0.15, 0.2) is 42.5 Å². The monoisotopic (exact) mass is 371 g/mol. The van der Waals surface area contributed by atoms with Crippen LogP contribution in [0, 0.1) is 0 Å². The van der Waals surface area contributed by atoms with Gasteiger partial charge in [0.2, 0.25) is 0 Å². The van der Waals surface area contributed by atoms with E-state index in [4.69, 9.17) is 14.2 Å². The third-order valence-corrected chi connectivity index (χ3v) is 3.80. The van der Waals surface area contributed by atoms with Gasteiger partial charge in [0, 0.05) is 23.4 Å². The predicted octanol–water partition coefficient (Wildman–Crippen LogP) is 4.05. The average molecular weight is 371 g/mol. The van der Waals surface area contributed by atoms with Crippen LogP contribution >= 0.6 is 0 Å². The van der Waals surface area contributed by atoms with E-state index < -0.39 is 0 Å². The maximum Gasteiger partial charge on any atom is 0.338 e. The zero-order valence-corrected chi connectivity index (χ0v) is 15.9. The Hall–Kier alpha value is -2.86. The summed E-state index contributed by atoms with van der Waals surface area (Å²) in [6.07, 6.45) is 0.921. The third kappa shape index (κ3) is 5.82. The van der Waals surface area contributed by atoms with Crippen molar-refractivity contribution in [3.05, 3.63) is 59.2 Å². The summed E-state index contributed by atoms with van der Waals surface area (Å²) in [5.41, 5.74) is 2.35. The fourth-order valence-corrected chi connectivity index (χ4v) is 2.47. The molecule has 2 rings (SSSR count). The molecule has 0 radical (unpaired) electrons. The quantitative estimate of drug-likeness (QED) is 0.532. The van der Waals surface area contributed by atoms with Crippen LogP contribution < -0.4 is 10.1 Å². The molecule has 0 atom stereocenters. The Labute approximate surface area is 159 Å². The summed E-state index contributed by atoms with van der Waals surface area (Å²) in [5, 5.41) is 2.82. The second-order valence-electron chi connectivity index (χ2n) is 5.83. The number of hydrogen-bond donors (Lipinski definition) is 1. The largest absolute Gasteiger partial charge is 0.496 e. The minimum absolute atomic E-state index is 0.252. The van der Waals surface area contributed by atoms with Gasteiger partial charge in [-0.3, -0.25) is 4.79 Å². The summed E-state index contributed by atoms with van der Waals surface area (Å²) in [5.74, 6) is 0.0435. The summed E-state index contributed by atoms with van der Waals surface area (Å²) in [6, 6.07) is 11.8. The van der Waals surface area contributed by atoms with Crippen LogP contribution in [0.2, 0.25) is 0 Å². The van der Waals surface area contributed by atoms with Crippen molar-refractivity contribution in [2.75, 3.05) is 25.6 Å². The van der Waals surface area contributed by atoms with Gasteiger partial charge in [-0.1, -0.05) is 6.92 Å². The van der Waals surface area contributed by atoms with E-state index in [1.165, 1.54) is 0 Å². The number of carbonyl (C=O) groups excluding carboxylic acids is 2. The minimum Gasteiger partial charge on any atom is -0.496 e. The number of anilines is 1. The van der Waals surface area contributed by atoms with Gasteiger partial charge in [-0.25, -0.2) is 4.79 Å². The van der Waals surface area contributed by atoms with Gasteiger partial charge in [0.05, 0.1) is 25.9 Å². The maximum atomic E-state index is 12.5. The number of carbonyl (C=O) groups is 2. The Kier molecular flexibility index (Phi) is 7.82. The van der Waals surface area contributed by atoms with Crippen molar-refractivity contribution in [1.82, 2.24) is 0 Å². The van der Waals surface area contributed by atoms with Crippen LogP contribution in [0.4, 0.5) is 5.69 Å². The van der Waals surface area contributed by atoms with Crippen LogP contribution in [-0.2, 0) is 16.1 Å². The SMILES string of the molecule is CCCOCc1cc(C(=O)Nc2ccc(C(=O)OCC)cc2)ccc1OC. The van der Waals surface area contributed by atoms with Gasteiger partial charge in [-0.05, 0) is 55.8 Å². The van der Waals surface area contributed by atoms with E-state index in [1.807, 2.05) is 6.92 Å². The molecule has 0 bridgehead atoms. The molecule has 0 aliphatic rings. The number of methoxy groups -OCH3 is 1. The highest BCUT2D eigenvalue weighted by Gasteiger charge is 2.12. The molecule has 0 heterocycles. The zero-order valence-electron chi connectivity index (χ0n) is 15.9. The number of benzene rings is 2. The predicted molar refractivity (Wildman–Crippen MR) is 103 cm³/mol. The molecule has 0 spiro atoms. The van der Waals surface area contributed by atoms with Gasteiger partial charge in [0.15, 0.2) is 0 Å². The highest BCUT2D eigenvalue weighted by molar-refractivity contribution is 6.04. The molecule has 0 aliphatic heterocycles. The van der Waals surface area contributed by atoms with Crippen LogP contribution in [0.25, 0.3) is 0 Å². The molecule has 0 aliphatic carbocycles. The Morgan fingerprint density at radius 3 is 2.33 bits per heavy atom. The van der Waals surface area contributed by atoms with E-state index in [0.717, 1.165) is 12.0 Å². The summed E-state index contributed by atoms with van der Waals surface area (Å²) < 4.78 is 15.8. The van der Waals surface area contributed by atoms with Gasteiger partial charge in [-0.2, -0.15) is 0 Å². The molecule has 144 valence electrons. The first kappa shape index (κ1) is 20.5. The third-order valence-electron chi connectivity index (χ3n) is 3.80. The van der Waals surface area contributed by atoms with E-state index in [-0.39, 0.29) is 11.9 Å². The van der Waals surface area contributed by atoms with E-state index in [1.54, 1.807) is 56.5 Å². The normalized spacial score (nSPS) is 10.3. The molecular weight excluding hydrogens is 346 g/mol. The molecule has 0 saturated carbocycles. The first-order chi connectivity index (χ1) is 13.1. The topological polar surface area (TPSA) is 73.9 Å². The first-order valence-electron chi connectivity index (χ1n) is 8.92. The van der Waals surface area contributed by atoms with Crippen LogP contribution in [0.5, 0.6) is 5.75 Å². The fraction of sp³-hybridized carbons (Fsp3) is 0.333. The summed E-state index contributed by atoms with van der Waals surface area (Å²) in [7, 11) is 1.59. The van der Waals surface area contributed by atoms with Crippen molar-refractivity contribution in [2.24, 2.45) is 0 Å². The molecule has 6 nitrogen and oxygen atoms in total. The second-order valence-corrected chi connectivity index (χ2v) is 5.83. The van der Waals surface area contributed by atoms with Crippen LogP contribution in [0.1, 0.15) is 46.5 Å². The standard InChI is InChI=1S/C21H25NO5/c1-4-12-26-14-17-13-16(8-11-19(17)25-3)20(23)22-18-9-6-15(7-10-18)21(24)27-5-2/h6-11,13H,4-5,12,14H2,1-3H3,(H,22,23). The number of hydrogen-bond acceptors (Lipinski definition) is 5. The molecule has 27 heavy (non-hydrogen) atoms. The van der Waals surface area contributed by atoms with Crippen LogP contribution in [0.3, 0.4) is 0 Å². The lowest BCUT2D eigenvalue weighted by Gasteiger charge is -2.12. The number of nitrogens with one attached hydrogen (secondary N) is 1. The Bertz CT molecular complexity index is 771. The Balaban J connectivity index is 2.08. The van der Waals surface area contributed by atoms with Crippen molar-refractivity contribution < 1.29 is 23.8 Å². The Morgan fingerprint density at radius 2 is 1.70 bits per heavy atom. The van der Waals surface area contributed by atoms with Gasteiger partial charge in [-0.15, -0.1) is 0 Å². The van der Waals surface area contributed by atoms with E-state index in [9.17, 15) is 9.59 Å². The van der Waals surface area contributed by atoms with Crippen molar-refractivity contribution in [1.29, 1.82) is 0 Å². The van der Waals surface area contributed by atoms with Crippen molar-refractivity contribution in [2.45, 2.75) is 26.9 Å². The van der Waals surface area contributed by atoms with Gasteiger partial charge in [0.25, 0.3) is 5.91 Å². The van der Waals surface area contributed by atoms with Gasteiger partial charge >= 0.3 is 5.97 Å². The highest BCUT2D eigenvalue weighted by atomic mass is 16.5. The molecule has 2 aromatic rings. The van der Waals surface area contributed by atoms with Gasteiger partial charge < -0.3 is 19.5 Å². The zero-order chi connectivity index (χ0) is 19.6. The van der Waals surface area contributed by atoms with E-state index in [2.05, 4.69) is 5.32 Å². The number of esters is 1. The lowest BCUT2D eigenvalue weighted by Crippen LogP contribution is -2.13. The average Bonchev–Trinajstić information content (AvgIpc) is 2.68. The first-order valence-corrected chi connectivity index (χ1v) is 8.92. The number of amides is 1. The van der Waals surface area contributed by atoms with Crippen molar-refractivity contribution in [3.8, 4) is 5.75 Å². The molecule has 0 fully saturated rings. The smallest absolute Gasteiger partial charge is 0.338 e. The molecule has 2 aromatic carbocycles.